The van der Waals surface area contributed by atoms with E-state index in [0.29, 0.717) is 11.3 Å². The molecule has 0 bridgehead atoms. The van der Waals surface area contributed by atoms with Crippen LogP contribution in [0.2, 0.25) is 0 Å². The van der Waals surface area contributed by atoms with E-state index < -0.39 is 5.66 Å². The molecular formula is C16H23O3P. The number of ketones is 1. The van der Waals surface area contributed by atoms with Gasteiger partial charge in [-0.1, -0.05) is 39.8 Å². The lowest BCUT2D eigenvalue weighted by atomic mass is 9.82. The summed E-state index contributed by atoms with van der Waals surface area (Å²) in [5.41, 5.74) is 0.0817. The third-order valence-corrected chi connectivity index (χ3v) is 4.20. The molecule has 0 aliphatic carbocycles. The Morgan fingerprint density at radius 3 is 2.40 bits per heavy atom. The van der Waals surface area contributed by atoms with Gasteiger partial charge in [-0.25, -0.2) is 0 Å². The lowest BCUT2D eigenvalue weighted by Gasteiger charge is -2.26. The van der Waals surface area contributed by atoms with Crippen molar-refractivity contribution in [3.8, 4) is 5.75 Å². The fraction of sp³-hybridized carbons (Fsp3) is 0.562. The quantitative estimate of drug-likeness (QED) is 0.568. The molecule has 0 aliphatic rings. The normalized spacial score (nSPS) is 14.8. The summed E-state index contributed by atoms with van der Waals surface area (Å²) in [5, 5.41) is 0. The highest BCUT2D eigenvalue weighted by atomic mass is 31.1. The summed E-state index contributed by atoms with van der Waals surface area (Å²) >= 11 is 0. The second-order valence-corrected chi connectivity index (χ2v) is 7.12. The molecule has 2 atom stereocenters. The average Bonchev–Trinajstić information content (AvgIpc) is 2.37. The number of ether oxygens (including phenoxy) is 1. The molecule has 0 heterocycles. The molecule has 0 saturated heterocycles. The fourth-order valence-electron chi connectivity index (χ4n) is 2.50. The molecule has 0 aromatic heterocycles. The number of carbonyl (C=O) groups excluding carboxylic acids is 1. The van der Waals surface area contributed by atoms with Gasteiger partial charge in [0.05, 0.1) is 12.7 Å². The summed E-state index contributed by atoms with van der Waals surface area (Å²) in [6.07, 6.45) is 0.841. The molecule has 1 rings (SSSR count). The van der Waals surface area contributed by atoms with E-state index in [-0.39, 0.29) is 25.6 Å². The standard InChI is InChI=1S/C16H23O3P/c1-11(10-16(2,3)4)15(20-18)14(17)12-8-6-7-9-13(12)19-5/h6-9,11,15H,10H2,1-5H3. The monoisotopic (exact) mass is 294 g/mol. The van der Waals surface area contributed by atoms with Gasteiger partial charge in [-0.2, -0.15) is 0 Å². The Morgan fingerprint density at radius 1 is 1.30 bits per heavy atom. The van der Waals surface area contributed by atoms with Crippen LogP contribution in [-0.4, -0.2) is 18.6 Å². The first-order chi connectivity index (χ1) is 9.30. The van der Waals surface area contributed by atoms with E-state index in [4.69, 9.17) is 4.74 Å². The van der Waals surface area contributed by atoms with Crippen LogP contribution in [0.3, 0.4) is 0 Å². The van der Waals surface area contributed by atoms with Gasteiger partial charge in [0.2, 0.25) is 0 Å². The van der Waals surface area contributed by atoms with Crippen LogP contribution < -0.4 is 4.74 Å². The van der Waals surface area contributed by atoms with Gasteiger partial charge in [-0.05, 0) is 29.9 Å². The Kier molecular flexibility index (Phi) is 5.88. The number of rotatable bonds is 6. The topological polar surface area (TPSA) is 43.4 Å². The number of benzene rings is 1. The molecule has 0 spiro atoms. The minimum absolute atomic E-state index is 0.0478. The van der Waals surface area contributed by atoms with E-state index in [0.717, 1.165) is 6.42 Å². The van der Waals surface area contributed by atoms with Gasteiger partial charge < -0.3 is 4.74 Å². The number of carbonyl (C=O) groups is 1. The Balaban J connectivity index is 3.00. The Morgan fingerprint density at radius 2 is 1.90 bits per heavy atom. The Hall–Kier alpha value is -1.21. The van der Waals surface area contributed by atoms with Crippen LogP contribution in [0.4, 0.5) is 0 Å². The van der Waals surface area contributed by atoms with E-state index >= 15 is 0 Å². The van der Waals surface area contributed by atoms with Crippen molar-refractivity contribution in [2.24, 2.45) is 11.3 Å². The smallest absolute Gasteiger partial charge is 0.181 e. The molecule has 0 saturated carbocycles. The second-order valence-electron chi connectivity index (χ2n) is 6.36. The highest BCUT2D eigenvalue weighted by Gasteiger charge is 2.31. The van der Waals surface area contributed by atoms with Gasteiger partial charge in [0, 0.05) is 0 Å². The zero-order chi connectivity index (χ0) is 15.3. The molecule has 0 aliphatic heterocycles. The molecule has 1 aromatic carbocycles. The third-order valence-electron chi connectivity index (χ3n) is 3.23. The number of hydrogen-bond acceptors (Lipinski definition) is 3. The van der Waals surface area contributed by atoms with Crippen molar-refractivity contribution in [3.63, 3.8) is 0 Å². The summed E-state index contributed by atoms with van der Waals surface area (Å²) in [7, 11) is 1.41. The maximum absolute atomic E-state index is 12.6. The van der Waals surface area contributed by atoms with Crippen LogP contribution in [0.15, 0.2) is 24.3 Å². The maximum Gasteiger partial charge on any atom is 0.181 e. The van der Waals surface area contributed by atoms with Crippen molar-refractivity contribution in [1.82, 2.24) is 0 Å². The van der Waals surface area contributed by atoms with Gasteiger partial charge in [-0.15, -0.1) is 0 Å². The average molecular weight is 294 g/mol. The molecular weight excluding hydrogens is 271 g/mol. The summed E-state index contributed by atoms with van der Waals surface area (Å²) in [5.74, 6) is 0.469. The van der Waals surface area contributed by atoms with Gasteiger partial charge >= 0.3 is 0 Å². The van der Waals surface area contributed by atoms with Gasteiger partial charge in [0.1, 0.15) is 11.4 Å². The number of Topliss-reactive ketones (excluding diaryl/α,β-unsaturated/α-hetero) is 1. The molecule has 2 unspecified atom stereocenters. The Labute approximate surface area is 122 Å². The molecule has 110 valence electrons. The highest BCUT2D eigenvalue weighted by Crippen LogP contribution is 2.33. The largest absolute Gasteiger partial charge is 0.496 e. The lowest BCUT2D eigenvalue weighted by molar-refractivity contribution is 0.0958. The number of para-hydroxylation sites is 1. The van der Waals surface area contributed by atoms with Crippen molar-refractivity contribution in [2.75, 3.05) is 7.11 Å². The third kappa shape index (κ3) is 4.42. The Bertz CT molecular complexity index is 477. The van der Waals surface area contributed by atoms with Crippen LogP contribution in [0, 0.1) is 11.3 Å². The van der Waals surface area contributed by atoms with E-state index in [9.17, 15) is 9.36 Å². The van der Waals surface area contributed by atoms with Crippen molar-refractivity contribution in [2.45, 2.75) is 39.8 Å². The molecule has 0 amide bonds. The van der Waals surface area contributed by atoms with Crippen LogP contribution >= 0.6 is 8.46 Å². The lowest BCUT2D eigenvalue weighted by Crippen LogP contribution is -2.26. The summed E-state index contributed by atoms with van der Waals surface area (Å²) in [6.45, 7) is 8.34. The SMILES string of the molecule is COc1ccccc1C(=O)C(P=O)C(C)CC(C)(C)C. The molecule has 1 aromatic rings. The number of hydrogen-bond donors (Lipinski definition) is 0. The second kappa shape index (κ2) is 6.99. The first-order valence-electron chi connectivity index (χ1n) is 6.80. The summed E-state index contributed by atoms with van der Waals surface area (Å²) < 4.78 is 16.7. The molecule has 0 N–H and O–H groups in total. The van der Waals surface area contributed by atoms with Crippen molar-refractivity contribution >= 4 is 14.2 Å². The van der Waals surface area contributed by atoms with E-state index in [2.05, 4.69) is 20.8 Å². The molecule has 20 heavy (non-hydrogen) atoms. The minimum atomic E-state index is -0.523. The van der Waals surface area contributed by atoms with Crippen LogP contribution in [0.25, 0.3) is 0 Å². The number of methoxy groups -OCH3 is 1. The summed E-state index contributed by atoms with van der Waals surface area (Å²) in [4.78, 5) is 12.6. The van der Waals surface area contributed by atoms with Crippen molar-refractivity contribution < 1.29 is 14.1 Å². The predicted molar refractivity (Wildman–Crippen MR) is 82.0 cm³/mol. The van der Waals surface area contributed by atoms with Gasteiger partial charge in [0.25, 0.3) is 0 Å². The fourth-order valence-corrected chi connectivity index (χ4v) is 3.04. The van der Waals surface area contributed by atoms with E-state index in [1.54, 1.807) is 18.2 Å². The summed E-state index contributed by atoms with van der Waals surface area (Å²) in [6, 6.07) is 7.09. The zero-order valence-corrected chi connectivity index (χ0v) is 13.7. The van der Waals surface area contributed by atoms with Crippen molar-refractivity contribution in [1.29, 1.82) is 0 Å². The highest BCUT2D eigenvalue weighted by molar-refractivity contribution is 7.26. The van der Waals surface area contributed by atoms with Crippen LogP contribution in [0.1, 0.15) is 44.5 Å². The van der Waals surface area contributed by atoms with Gasteiger partial charge in [-0.3, -0.25) is 9.36 Å². The van der Waals surface area contributed by atoms with E-state index in [1.165, 1.54) is 7.11 Å². The maximum atomic E-state index is 12.6. The first-order valence-corrected chi connectivity index (χ1v) is 7.68. The van der Waals surface area contributed by atoms with Gasteiger partial charge in [0.15, 0.2) is 14.2 Å². The van der Waals surface area contributed by atoms with Crippen LogP contribution in [-0.2, 0) is 4.57 Å². The molecule has 3 nitrogen and oxygen atoms in total. The molecule has 4 heteroatoms. The predicted octanol–water partition coefficient (Wildman–Crippen LogP) is 4.61. The van der Waals surface area contributed by atoms with E-state index in [1.807, 2.05) is 13.0 Å². The first kappa shape index (κ1) is 16.8. The zero-order valence-electron chi connectivity index (χ0n) is 12.8. The van der Waals surface area contributed by atoms with Crippen molar-refractivity contribution in [3.05, 3.63) is 29.8 Å². The minimum Gasteiger partial charge on any atom is -0.496 e. The van der Waals surface area contributed by atoms with Crippen LogP contribution in [0.5, 0.6) is 5.75 Å². The molecule has 0 radical (unpaired) electrons. The molecule has 0 fully saturated rings.